The third kappa shape index (κ3) is 3.71. The maximum Gasteiger partial charge on any atom is 0.290 e. The van der Waals surface area contributed by atoms with Gasteiger partial charge in [0.2, 0.25) is 0 Å². The van der Waals surface area contributed by atoms with Gasteiger partial charge in [-0.1, -0.05) is 39.0 Å². The third-order valence-electron chi connectivity index (χ3n) is 4.40. The van der Waals surface area contributed by atoms with Gasteiger partial charge in [0.05, 0.1) is 6.04 Å². The normalized spacial score (nSPS) is 36.5. The van der Waals surface area contributed by atoms with Crippen LogP contribution in [0.25, 0.3) is 0 Å². The van der Waals surface area contributed by atoms with Gasteiger partial charge in [-0.25, -0.2) is 4.99 Å². The Hall–Kier alpha value is -0.890. The Balaban J connectivity index is 1.84. The summed E-state index contributed by atoms with van der Waals surface area (Å²) in [6.07, 6.45) is 1.67. The average molecular weight is 316 g/mol. The van der Waals surface area contributed by atoms with Crippen LogP contribution in [0.2, 0.25) is 0 Å². The molecular formula is C15H28N2O5. The number of aliphatic hydroxyl groups excluding tert-OH is 4. The van der Waals surface area contributed by atoms with E-state index >= 15 is 0 Å². The maximum absolute atomic E-state index is 10.1. The van der Waals surface area contributed by atoms with E-state index in [4.69, 9.17) is 4.74 Å². The highest BCUT2D eigenvalue weighted by atomic mass is 16.5. The highest BCUT2D eigenvalue weighted by Crippen LogP contribution is 2.28. The Bertz CT molecular complexity index is 379. The molecule has 0 amide bonds. The van der Waals surface area contributed by atoms with Crippen LogP contribution in [0.5, 0.6) is 0 Å². The molecule has 7 heteroatoms. The molecule has 2 heterocycles. The summed E-state index contributed by atoms with van der Waals surface area (Å²) < 4.78 is 5.42. The molecule has 0 radical (unpaired) electrons. The molecular weight excluding hydrogens is 288 g/mol. The average Bonchev–Trinajstić information content (AvgIpc) is 2.94. The number of unbranched alkanes of at least 4 members (excludes halogenated alkanes) is 5. The topological polar surface area (TPSA) is 106 Å². The van der Waals surface area contributed by atoms with E-state index in [1.54, 1.807) is 0 Å². The van der Waals surface area contributed by atoms with Crippen LogP contribution in [0, 0.1) is 0 Å². The molecule has 0 aliphatic carbocycles. The minimum atomic E-state index is -1.44. The molecule has 2 fully saturated rings. The number of hydrogen-bond donors (Lipinski definition) is 4. The predicted octanol–water partition coefficient (Wildman–Crippen LogP) is -0.182. The summed E-state index contributed by atoms with van der Waals surface area (Å²) in [4.78, 5) is 5.70. The fraction of sp³-hybridized carbons (Fsp3) is 0.933. The molecule has 7 nitrogen and oxygen atoms in total. The highest BCUT2D eigenvalue weighted by molar-refractivity contribution is 5.76. The number of rotatable bonds is 7. The SMILES string of the molecule is CCCCCCCCN=C1OCC2C(O)C(O)C(O)C(O)N12. The molecule has 22 heavy (non-hydrogen) atoms. The van der Waals surface area contributed by atoms with Crippen LogP contribution in [-0.4, -0.2) is 75.1 Å². The van der Waals surface area contributed by atoms with E-state index in [9.17, 15) is 20.4 Å². The van der Waals surface area contributed by atoms with Gasteiger partial charge < -0.3 is 25.2 Å². The van der Waals surface area contributed by atoms with Gasteiger partial charge in [-0.05, 0) is 6.42 Å². The van der Waals surface area contributed by atoms with Gasteiger partial charge in [-0.15, -0.1) is 0 Å². The van der Waals surface area contributed by atoms with E-state index in [0.29, 0.717) is 6.54 Å². The van der Waals surface area contributed by atoms with Crippen molar-refractivity contribution in [2.45, 2.75) is 76.0 Å². The summed E-state index contributed by atoms with van der Waals surface area (Å²) in [6.45, 7) is 2.92. The standard InChI is InChI=1S/C15H28N2O5/c1-2-3-4-5-6-7-8-16-15-17-10(9-22-15)11(18)12(19)13(20)14(17)21/h10-14,18-21H,2-9H2,1H3. The van der Waals surface area contributed by atoms with Crippen molar-refractivity contribution in [1.29, 1.82) is 0 Å². The van der Waals surface area contributed by atoms with Crippen molar-refractivity contribution in [3.8, 4) is 0 Å². The Morgan fingerprint density at radius 2 is 1.68 bits per heavy atom. The molecule has 5 unspecified atom stereocenters. The number of ether oxygens (including phenoxy) is 1. The van der Waals surface area contributed by atoms with Gasteiger partial charge in [-0.2, -0.15) is 0 Å². The van der Waals surface area contributed by atoms with Gasteiger partial charge >= 0.3 is 0 Å². The molecule has 0 aromatic carbocycles. The first-order valence-electron chi connectivity index (χ1n) is 8.25. The smallest absolute Gasteiger partial charge is 0.290 e. The van der Waals surface area contributed by atoms with Gasteiger partial charge in [0, 0.05) is 6.54 Å². The Morgan fingerprint density at radius 1 is 1.00 bits per heavy atom. The number of amidine groups is 1. The predicted molar refractivity (Wildman–Crippen MR) is 81.3 cm³/mol. The molecule has 4 N–H and O–H groups in total. The van der Waals surface area contributed by atoms with E-state index in [2.05, 4.69) is 11.9 Å². The van der Waals surface area contributed by atoms with Crippen molar-refractivity contribution >= 4 is 6.02 Å². The van der Waals surface area contributed by atoms with Crippen LogP contribution >= 0.6 is 0 Å². The van der Waals surface area contributed by atoms with Crippen molar-refractivity contribution in [1.82, 2.24) is 4.90 Å². The largest absolute Gasteiger partial charge is 0.463 e. The molecule has 0 spiro atoms. The molecule has 5 atom stereocenters. The first-order valence-corrected chi connectivity index (χ1v) is 8.25. The quantitative estimate of drug-likeness (QED) is 0.486. The van der Waals surface area contributed by atoms with Crippen LogP contribution in [0.3, 0.4) is 0 Å². The second-order valence-electron chi connectivity index (χ2n) is 6.10. The number of fused-ring (bicyclic) bond motifs is 1. The van der Waals surface area contributed by atoms with Crippen molar-refractivity contribution in [2.24, 2.45) is 4.99 Å². The molecule has 0 aromatic heterocycles. The zero-order chi connectivity index (χ0) is 16.1. The second-order valence-corrected chi connectivity index (χ2v) is 6.10. The lowest BCUT2D eigenvalue weighted by molar-refractivity contribution is -0.190. The Labute approximate surface area is 131 Å². The molecule has 128 valence electrons. The summed E-state index contributed by atoms with van der Waals surface area (Å²) in [5.74, 6) is 0. The van der Waals surface area contributed by atoms with Crippen LogP contribution in [0.4, 0.5) is 0 Å². The van der Waals surface area contributed by atoms with Gasteiger partial charge in [0.25, 0.3) is 6.02 Å². The van der Waals surface area contributed by atoms with E-state index < -0.39 is 30.6 Å². The second kappa shape index (κ2) is 8.10. The molecule has 2 aliphatic heterocycles. The molecule has 2 aliphatic rings. The summed E-state index contributed by atoms with van der Waals surface area (Å²) in [7, 11) is 0. The Kier molecular flexibility index (Phi) is 6.43. The lowest BCUT2D eigenvalue weighted by Crippen LogP contribution is -2.65. The highest BCUT2D eigenvalue weighted by Gasteiger charge is 2.52. The minimum absolute atomic E-state index is 0.150. The summed E-state index contributed by atoms with van der Waals surface area (Å²) >= 11 is 0. The van der Waals surface area contributed by atoms with E-state index in [1.807, 2.05) is 0 Å². The van der Waals surface area contributed by atoms with E-state index in [0.717, 1.165) is 12.8 Å². The number of piperidine rings is 1. The fourth-order valence-corrected chi connectivity index (χ4v) is 2.99. The number of aliphatic imine (C=N–C) groups is 1. The van der Waals surface area contributed by atoms with Crippen molar-refractivity contribution in [2.75, 3.05) is 13.2 Å². The lowest BCUT2D eigenvalue weighted by atomic mass is 9.94. The van der Waals surface area contributed by atoms with Gasteiger partial charge in [-0.3, -0.25) is 4.90 Å². The van der Waals surface area contributed by atoms with Gasteiger partial charge in [0.1, 0.15) is 24.9 Å². The van der Waals surface area contributed by atoms with E-state index in [-0.39, 0.29) is 12.6 Å². The summed E-state index contributed by atoms with van der Waals surface area (Å²) in [5, 5.41) is 39.4. The third-order valence-corrected chi connectivity index (χ3v) is 4.40. The first kappa shape index (κ1) is 17.5. The molecule has 0 saturated carbocycles. The molecule has 2 saturated heterocycles. The van der Waals surface area contributed by atoms with E-state index in [1.165, 1.54) is 30.6 Å². The number of hydrogen-bond acceptors (Lipinski definition) is 6. The zero-order valence-corrected chi connectivity index (χ0v) is 13.1. The van der Waals surface area contributed by atoms with Crippen LogP contribution in [0.15, 0.2) is 4.99 Å². The summed E-state index contributed by atoms with van der Waals surface area (Å²) in [6, 6.07) is -0.326. The lowest BCUT2D eigenvalue weighted by Gasteiger charge is -2.42. The Morgan fingerprint density at radius 3 is 2.41 bits per heavy atom. The van der Waals surface area contributed by atoms with Crippen LogP contribution in [0.1, 0.15) is 45.4 Å². The molecule has 2 rings (SSSR count). The zero-order valence-electron chi connectivity index (χ0n) is 13.1. The maximum atomic E-state index is 10.1. The van der Waals surface area contributed by atoms with Crippen LogP contribution in [-0.2, 0) is 4.74 Å². The first-order chi connectivity index (χ1) is 10.6. The number of aliphatic hydroxyl groups is 4. The van der Waals surface area contributed by atoms with Crippen molar-refractivity contribution in [3.63, 3.8) is 0 Å². The minimum Gasteiger partial charge on any atom is -0.463 e. The molecule has 0 aromatic rings. The molecule has 0 bridgehead atoms. The van der Waals surface area contributed by atoms with Crippen molar-refractivity contribution < 1.29 is 25.2 Å². The fourth-order valence-electron chi connectivity index (χ4n) is 2.99. The van der Waals surface area contributed by atoms with Gasteiger partial charge in [0.15, 0.2) is 6.23 Å². The van der Waals surface area contributed by atoms with Crippen LogP contribution < -0.4 is 0 Å². The van der Waals surface area contributed by atoms with Crippen molar-refractivity contribution in [3.05, 3.63) is 0 Å². The number of nitrogens with zero attached hydrogens (tertiary/aromatic N) is 2. The monoisotopic (exact) mass is 316 g/mol. The summed E-state index contributed by atoms with van der Waals surface area (Å²) in [5.41, 5.74) is 0.